The number of amides is 1. The van der Waals surface area contributed by atoms with Crippen LogP contribution in [0.5, 0.6) is 0 Å². The Morgan fingerprint density at radius 1 is 1.18 bits per heavy atom. The SMILES string of the molecule is CCCC(N)c1nc(-c2ccc(S(=O)(=O)Nc3cccc(NC(=O)C4(C)CC4)c3)cc2)no1. The van der Waals surface area contributed by atoms with Crippen molar-refractivity contribution in [2.75, 3.05) is 10.0 Å². The van der Waals surface area contributed by atoms with Crippen LogP contribution in [0.1, 0.15) is 51.5 Å². The van der Waals surface area contributed by atoms with Crippen molar-refractivity contribution in [3.05, 3.63) is 54.4 Å². The summed E-state index contributed by atoms with van der Waals surface area (Å²) in [5, 5.41) is 6.79. The summed E-state index contributed by atoms with van der Waals surface area (Å²) in [6.45, 7) is 3.93. The van der Waals surface area contributed by atoms with Gasteiger partial charge in [-0.2, -0.15) is 4.98 Å². The van der Waals surface area contributed by atoms with E-state index in [1.807, 2.05) is 13.8 Å². The first-order valence-electron chi connectivity index (χ1n) is 10.8. The molecule has 1 atom stereocenters. The summed E-state index contributed by atoms with van der Waals surface area (Å²) < 4.78 is 33.5. The molecule has 0 bridgehead atoms. The van der Waals surface area contributed by atoms with Gasteiger partial charge in [-0.05, 0) is 61.7 Å². The standard InChI is InChI=1S/C23H27N5O4S/c1-3-5-19(24)21-26-20(27-32-21)15-8-10-18(11-9-15)33(30,31)28-17-7-4-6-16(14-17)25-22(29)23(2)12-13-23/h4,6-11,14,19,28H,3,5,12-13,24H2,1-2H3,(H,25,29). The van der Waals surface area contributed by atoms with Crippen molar-refractivity contribution in [1.82, 2.24) is 10.1 Å². The van der Waals surface area contributed by atoms with E-state index in [1.165, 1.54) is 12.1 Å². The van der Waals surface area contributed by atoms with Gasteiger partial charge in [0.15, 0.2) is 0 Å². The molecule has 1 heterocycles. The van der Waals surface area contributed by atoms with Crippen molar-refractivity contribution < 1.29 is 17.7 Å². The number of hydrogen-bond donors (Lipinski definition) is 3. The third-order valence-electron chi connectivity index (χ3n) is 5.70. The number of nitrogens with zero attached hydrogens (tertiary/aromatic N) is 2. The summed E-state index contributed by atoms with van der Waals surface area (Å²) in [5.74, 6) is 0.646. The number of nitrogens with two attached hydrogens (primary N) is 1. The van der Waals surface area contributed by atoms with Crippen molar-refractivity contribution in [2.24, 2.45) is 11.1 Å². The molecule has 0 saturated heterocycles. The molecule has 0 aliphatic heterocycles. The number of sulfonamides is 1. The van der Waals surface area contributed by atoms with Gasteiger partial charge < -0.3 is 15.6 Å². The highest BCUT2D eigenvalue weighted by molar-refractivity contribution is 7.92. The molecule has 0 radical (unpaired) electrons. The molecule has 174 valence electrons. The third-order valence-corrected chi connectivity index (χ3v) is 7.10. The van der Waals surface area contributed by atoms with Crippen molar-refractivity contribution >= 4 is 27.3 Å². The maximum Gasteiger partial charge on any atom is 0.261 e. The lowest BCUT2D eigenvalue weighted by Gasteiger charge is -2.12. The normalized spacial score (nSPS) is 15.6. The van der Waals surface area contributed by atoms with Crippen LogP contribution in [-0.4, -0.2) is 24.5 Å². The van der Waals surface area contributed by atoms with E-state index in [4.69, 9.17) is 10.3 Å². The Balaban J connectivity index is 1.46. The number of nitrogens with one attached hydrogen (secondary N) is 2. The van der Waals surface area contributed by atoms with Gasteiger partial charge in [0.25, 0.3) is 10.0 Å². The Bertz CT molecular complexity index is 1250. The third kappa shape index (κ3) is 5.23. The minimum atomic E-state index is -3.84. The molecule has 33 heavy (non-hydrogen) atoms. The van der Waals surface area contributed by atoms with E-state index in [-0.39, 0.29) is 22.3 Å². The number of aromatic nitrogens is 2. The maximum absolute atomic E-state index is 12.9. The Kier molecular flexibility index (Phi) is 6.22. The molecule has 1 unspecified atom stereocenters. The van der Waals surface area contributed by atoms with Crippen molar-refractivity contribution in [3.8, 4) is 11.4 Å². The van der Waals surface area contributed by atoms with Crippen LogP contribution in [0.25, 0.3) is 11.4 Å². The summed E-state index contributed by atoms with van der Waals surface area (Å²) in [5.41, 5.74) is 7.19. The summed E-state index contributed by atoms with van der Waals surface area (Å²) in [6.07, 6.45) is 3.34. The Morgan fingerprint density at radius 2 is 1.88 bits per heavy atom. The van der Waals surface area contributed by atoms with Crippen molar-refractivity contribution in [1.29, 1.82) is 0 Å². The van der Waals surface area contributed by atoms with E-state index in [2.05, 4.69) is 20.2 Å². The predicted molar refractivity (Wildman–Crippen MR) is 125 cm³/mol. The average molecular weight is 470 g/mol. The molecule has 3 aromatic rings. The minimum absolute atomic E-state index is 0.0571. The summed E-state index contributed by atoms with van der Waals surface area (Å²) in [7, 11) is -3.84. The summed E-state index contributed by atoms with van der Waals surface area (Å²) in [4.78, 5) is 16.7. The second-order valence-electron chi connectivity index (χ2n) is 8.58. The molecular weight excluding hydrogens is 442 g/mol. The highest BCUT2D eigenvalue weighted by atomic mass is 32.2. The van der Waals surface area contributed by atoms with Crippen LogP contribution in [0.3, 0.4) is 0 Å². The first-order chi connectivity index (χ1) is 15.7. The zero-order chi connectivity index (χ0) is 23.6. The van der Waals surface area contributed by atoms with Gasteiger partial charge in [-0.15, -0.1) is 0 Å². The molecular formula is C23H27N5O4S. The van der Waals surface area contributed by atoms with Gasteiger partial charge >= 0.3 is 0 Å². The lowest BCUT2D eigenvalue weighted by atomic mass is 10.1. The molecule has 0 spiro atoms. The first kappa shape index (κ1) is 22.9. The van der Waals surface area contributed by atoms with Crippen LogP contribution >= 0.6 is 0 Å². The van der Waals surface area contributed by atoms with E-state index in [1.54, 1.807) is 36.4 Å². The van der Waals surface area contributed by atoms with Gasteiger partial charge in [0.2, 0.25) is 17.6 Å². The number of anilines is 2. The van der Waals surface area contributed by atoms with Crippen LogP contribution in [0.2, 0.25) is 0 Å². The summed E-state index contributed by atoms with van der Waals surface area (Å²) in [6, 6.07) is 12.5. The Morgan fingerprint density at radius 3 is 2.55 bits per heavy atom. The second-order valence-corrected chi connectivity index (χ2v) is 10.3. The molecule has 4 N–H and O–H groups in total. The summed E-state index contributed by atoms with van der Waals surface area (Å²) >= 11 is 0. The molecule has 1 aromatic heterocycles. The average Bonchev–Trinajstić information content (AvgIpc) is 3.34. The number of carbonyl (C=O) groups is 1. The quantitative estimate of drug-likeness (QED) is 0.429. The second kappa shape index (κ2) is 8.95. The van der Waals surface area contributed by atoms with E-state index in [0.29, 0.717) is 28.7 Å². The fraction of sp³-hybridized carbons (Fsp3) is 0.348. The number of hydrogen-bond acceptors (Lipinski definition) is 7. The zero-order valence-corrected chi connectivity index (χ0v) is 19.4. The molecule has 1 aliphatic carbocycles. The fourth-order valence-corrected chi connectivity index (χ4v) is 4.34. The smallest absolute Gasteiger partial charge is 0.261 e. The van der Waals surface area contributed by atoms with Gasteiger partial charge in [-0.25, -0.2) is 8.42 Å². The molecule has 9 nitrogen and oxygen atoms in total. The molecule has 1 fully saturated rings. The highest BCUT2D eigenvalue weighted by Crippen LogP contribution is 2.45. The number of rotatable bonds is 9. The lowest BCUT2D eigenvalue weighted by Crippen LogP contribution is -2.21. The number of carbonyl (C=O) groups excluding carboxylic acids is 1. The lowest BCUT2D eigenvalue weighted by molar-refractivity contribution is -0.120. The van der Waals surface area contributed by atoms with Crippen LogP contribution < -0.4 is 15.8 Å². The number of benzene rings is 2. The van der Waals surface area contributed by atoms with Gasteiger partial charge in [0, 0.05) is 16.7 Å². The van der Waals surface area contributed by atoms with Gasteiger partial charge in [0.1, 0.15) is 0 Å². The predicted octanol–water partition coefficient (Wildman–Crippen LogP) is 4.08. The van der Waals surface area contributed by atoms with Crippen LogP contribution in [-0.2, 0) is 14.8 Å². The van der Waals surface area contributed by atoms with E-state index < -0.39 is 10.0 Å². The highest BCUT2D eigenvalue weighted by Gasteiger charge is 2.44. The van der Waals surface area contributed by atoms with Crippen molar-refractivity contribution in [3.63, 3.8) is 0 Å². The Labute approximate surface area is 192 Å². The van der Waals surface area contributed by atoms with E-state index in [9.17, 15) is 13.2 Å². The van der Waals surface area contributed by atoms with E-state index >= 15 is 0 Å². The molecule has 1 saturated carbocycles. The largest absolute Gasteiger partial charge is 0.337 e. The molecule has 1 aliphatic rings. The van der Waals surface area contributed by atoms with E-state index in [0.717, 1.165) is 25.7 Å². The topological polar surface area (TPSA) is 140 Å². The molecule has 2 aromatic carbocycles. The van der Waals surface area contributed by atoms with Gasteiger partial charge in [-0.1, -0.05) is 31.5 Å². The van der Waals surface area contributed by atoms with Crippen LogP contribution in [0.4, 0.5) is 11.4 Å². The Hall–Kier alpha value is -3.24. The molecule has 4 rings (SSSR count). The van der Waals surface area contributed by atoms with Crippen LogP contribution in [0, 0.1) is 5.41 Å². The van der Waals surface area contributed by atoms with Crippen molar-refractivity contribution in [2.45, 2.75) is 50.5 Å². The van der Waals surface area contributed by atoms with Gasteiger partial charge in [-0.3, -0.25) is 9.52 Å². The molecule has 1 amide bonds. The molecule has 10 heteroatoms. The minimum Gasteiger partial charge on any atom is -0.337 e. The van der Waals surface area contributed by atoms with Gasteiger partial charge in [0.05, 0.1) is 16.6 Å². The zero-order valence-electron chi connectivity index (χ0n) is 18.5. The van der Waals surface area contributed by atoms with Crippen LogP contribution in [0.15, 0.2) is 57.9 Å². The first-order valence-corrected chi connectivity index (χ1v) is 12.3. The maximum atomic E-state index is 12.9. The fourth-order valence-electron chi connectivity index (χ4n) is 3.29. The monoisotopic (exact) mass is 469 g/mol.